The van der Waals surface area contributed by atoms with Crippen LogP contribution < -0.4 is 5.32 Å². The van der Waals surface area contributed by atoms with E-state index in [1.54, 1.807) is 0 Å². The molecular weight excluding hydrogens is 438 g/mol. The number of ether oxygens (including phenoxy) is 1. The number of nitrogens with one attached hydrogen (secondary N) is 2. The van der Waals surface area contributed by atoms with Crippen molar-refractivity contribution in [3.63, 3.8) is 0 Å². The zero-order valence-corrected chi connectivity index (χ0v) is 18.2. The number of carbonyl (C=O) groups is 3. The molecule has 2 heterocycles. The van der Waals surface area contributed by atoms with Crippen LogP contribution in [-0.4, -0.2) is 62.4 Å². The zero-order chi connectivity index (χ0) is 23.7. The fourth-order valence-corrected chi connectivity index (χ4v) is 4.71. The van der Waals surface area contributed by atoms with Crippen LogP contribution in [0.4, 0.5) is 10.7 Å². The number of aliphatic carboxylic acids is 1. The summed E-state index contributed by atoms with van der Waals surface area (Å²) in [5.74, 6) is -1.97. The molecule has 1 atom stereocenters. The largest absolute Gasteiger partial charge is 0.480 e. The molecule has 2 aromatic carbocycles. The molecule has 1 saturated heterocycles. The van der Waals surface area contributed by atoms with Crippen molar-refractivity contribution < 1.29 is 24.2 Å². The highest BCUT2D eigenvalue weighted by Gasteiger charge is 2.34. The standard InChI is InChI=1S/C24H23N5O5/c30-21(29-12-6-5-11-19(29)22(31)32)20-25-23(28-27-20)26-24(33)34-13-18-16-9-3-1-7-14(16)15-8-2-4-10-17(15)18/h1-4,7-10,18-19H,5-6,11-13H2,(H,31,32)(H2,25,26,27,28,33)/t19-/m0/s1. The predicted molar refractivity (Wildman–Crippen MR) is 121 cm³/mol. The third kappa shape index (κ3) is 3.98. The number of rotatable bonds is 5. The molecule has 34 heavy (non-hydrogen) atoms. The van der Waals surface area contributed by atoms with Gasteiger partial charge in [0.25, 0.3) is 11.9 Å². The Bertz CT molecular complexity index is 1210. The Labute approximate surface area is 195 Å². The molecule has 1 aliphatic carbocycles. The number of hydrogen-bond acceptors (Lipinski definition) is 6. The van der Waals surface area contributed by atoms with Gasteiger partial charge in [0, 0.05) is 12.5 Å². The Morgan fingerprint density at radius 1 is 1.06 bits per heavy atom. The summed E-state index contributed by atoms with van der Waals surface area (Å²) in [5.41, 5.74) is 4.44. The zero-order valence-electron chi connectivity index (χ0n) is 18.2. The molecule has 174 valence electrons. The van der Waals surface area contributed by atoms with Crippen LogP contribution in [0.15, 0.2) is 48.5 Å². The number of hydrogen-bond donors (Lipinski definition) is 3. The number of fused-ring (bicyclic) bond motifs is 3. The normalized spacial score (nSPS) is 17.1. The van der Waals surface area contributed by atoms with Crippen molar-refractivity contribution in [1.82, 2.24) is 20.1 Å². The molecule has 0 saturated carbocycles. The average molecular weight is 461 g/mol. The van der Waals surface area contributed by atoms with E-state index in [0.717, 1.165) is 28.7 Å². The lowest BCUT2D eigenvalue weighted by Crippen LogP contribution is -2.48. The van der Waals surface area contributed by atoms with Crippen LogP contribution in [0.25, 0.3) is 11.1 Å². The van der Waals surface area contributed by atoms with Crippen LogP contribution in [0, 0.1) is 0 Å². The number of likely N-dealkylation sites (tertiary alicyclic amines) is 1. The lowest BCUT2D eigenvalue weighted by atomic mass is 9.98. The highest BCUT2D eigenvalue weighted by Crippen LogP contribution is 2.44. The van der Waals surface area contributed by atoms with Gasteiger partial charge in [-0.2, -0.15) is 4.98 Å². The van der Waals surface area contributed by atoms with E-state index in [0.29, 0.717) is 19.4 Å². The lowest BCUT2D eigenvalue weighted by Gasteiger charge is -2.32. The number of piperidine rings is 1. The Kier molecular flexibility index (Phi) is 5.70. The highest BCUT2D eigenvalue weighted by molar-refractivity contribution is 5.94. The maximum absolute atomic E-state index is 12.7. The van der Waals surface area contributed by atoms with Gasteiger partial charge >= 0.3 is 12.1 Å². The Morgan fingerprint density at radius 2 is 1.74 bits per heavy atom. The number of carbonyl (C=O) groups excluding carboxylic acids is 2. The van der Waals surface area contributed by atoms with Gasteiger partial charge in [-0.3, -0.25) is 15.2 Å². The highest BCUT2D eigenvalue weighted by atomic mass is 16.5. The first kappa shape index (κ1) is 21.6. The smallest absolute Gasteiger partial charge is 0.414 e. The summed E-state index contributed by atoms with van der Waals surface area (Å²) in [6.45, 7) is 0.454. The summed E-state index contributed by atoms with van der Waals surface area (Å²) in [6, 6.07) is 15.1. The topological polar surface area (TPSA) is 138 Å². The summed E-state index contributed by atoms with van der Waals surface area (Å²) < 4.78 is 5.46. The number of anilines is 1. The van der Waals surface area contributed by atoms with Crippen molar-refractivity contribution in [3.05, 3.63) is 65.5 Å². The summed E-state index contributed by atoms with van der Waals surface area (Å²) >= 11 is 0. The second-order valence-corrected chi connectivity index (χ2v) is 8.31. The lowest BCUT2D eigenvalue weighted by molar-refractivity contribution is -0.143. The molecule has 0 bridgehead atoms. The van der Waals surface area contributed by atoms with Gasteiger partial charge in [-0.25, -0.2) is 9.59 Å². The minimum Gasteiger partial charge on any atom is -0.480 e. The van der Waals surface area contributed by atoms with E-state index in [4.69, 9.17) is 4.74 Å². The summed E-state index contributed by atoms with van der Waals surface area (Å²) in [6.07, 6.45) is 1.10. The molecule has 3 aromatic rings. The fourth-order valence-electron chi connectivity index (χ4n) is 4.71. The number of aromatic amines is 1. The Morgan fingerprint density at radius 3 is 2.41 bits per heavy atom. The molecule has 2 aliphatic rings. The molecule has 0 unspecified atom stereocenters. The monoisotopic (exact) mass is 461 g/mol. The first-order valence-electron chi connectivity index (χ1n) is 11.1. The maximum atomic E-state index is 12.7. The number of benzene rings is 2. The second-order valence-electron chi connectivity index (χ2n) is 8.31. The van der Waals surface area contributed by atoms with Gasteiger partial charge < -0.3 is 14.7 Å². The molecule has 0 radical (unpaired) electrons. The van der Waals surface area contributed by atoms with E-state index in [2.05, 4.69) is 32.6 Å². The fraction of sp³-hybridized carbons (Fsp3) is 0.292. The van der Waals surface area contributed by atoms with E-state index in [9.17, 15) is 19.5 Å². The number of aromatic nitrogens is 3. The molecule has 1 fully saturated rings. The van der Waals surface area contributed by atoms with Gasteiger partial charge in [0.2, 0.25) is 5.82 Å². The third-order valence-electron chi connectivity index (χ3n) is 6.29. The molecule has 0 spiro atoms. The number of amides is 2. The van der Waals surface area contributed by atoms with Crippen LogP contribution >= 0.6 is 0 Å². The van der Waals surface area contributed by atoms with E-state index in [1.807, 2.05) is 36.4 Å². The van der Waals surface area contributed by atoms with Gasteiger partial charge in [0.15, 0.2) is 0 Å². The number of nitrogens with zero attached hydrogens (tertiary/aromatic N) is 3. The van der Waals surface area contributed by atoms with Gasteiger partial charge in [-0.15, -0.1) is 5.10 Å². The summed E-state index contributed by atoms with van der Waals surface area (Å²) in [5, 5.41) is 18.1. The van der Waals surface area contributed by atoms with Gasteiger partial charge in [-0.05, 0) is 41.5 Å². The third-order valence-corrected chi connectivity index (χ3v) is 6.29. The Hall–Kier alpha value is -4.21. The first-order valence-corrected chi connectivity index (χ1v) is 11.1. The number of carboxylic acids is 1. The second kappa shape index (κ2) is 8.97. The molecule has 1 aromatic heterocycles. The molecule has 10 nitrogen and oxygen atoms in total. The number of H-pyrrole nitrogens is 1. The van der Waals surface area contributed by atoms with Crippen LogP contribution in [0.2, 0.25) is 0 Å². The van der Waals surface area contributed by atoms with Crippen LogP contribution in [0.3, 0.4) is 0 Å². The van der Waals surface area contributed by atoms with Crippen LogP contribution in [-0.2, 0) is 9.53 Å². The van der Waals surface area contributed by atoms with Crippen molar-refractivity contribution in [1.29, 1.82) is 0 Å². The maximum Gasteiger partial charge on any atom is 0.414 e. The van der Waals surface area contributed by atoms with Crippen molar-refractivity contribution in [2.24, 2.45) is 0 Å². The molecular formula is C24H23N5O5. The van der Waals surface area contributed by atoms with Gasteiger partial charge in [-0.1, -0.05) is 48.5 Å². The summed E-state index contributed by atoms with van der Waals surface area (Å²) in [7, 11) is 0. The van der Waals surface area contributed by atoms with E-state index < -0.39 is 24.0 Å². The van der Waals surface area contributed by atoms with Crippen molar-refractivity contribution >= 4 is 23.9 Å². The van der Waals surface area contributed by atoms with Gasteiger partial charge in [0.05, 0.1) is 0 Å². The minimum absolute atomic E-state index is 0.0884. The van der Waals surface area contributed by atoms with Crippen LogP contribution in [0.1, 0.15) is 46.9 Å². The molecule has 3 N–H and O–H groups in total. The quantitative estimate of drug-likeness (QED) is 0.530. The molecule has 10 heteroatoms. The Balaban J connectivity index is 1.23. The summed E-state index contributed by atoms with van der Waals surface area (Å²) in [4.78, 5) is 41.9. The molecule has 1 aliphatic heterocycles. The van der Waals surface area contributed by atoms with Crippen LogP contribution in [0.5, 0.6) is 0 Å². The van der Waals surface area contributed by atoms with Crippen molar-refractivity contribution in [2.75, 3.05) is 18.5 Å². The minimum atomic E-state index is -1.05. The molecule has 5 rings (SSSR count). The van der Waals surface area contributed by atoms with Crippen molar-refractivity contribution in [3.8, 4) is 11.1 Å². The van der Waals surface area contributed by atoms with E-state index in [-0.39, 0.29) is 24.3 Å². The van der Waals surface area contributed by atoms with Gasteiger partial charge in [0.1, 0.15) is 12.6 Å². The van der Waals surface area contributed by atoms with Crippen molar-refractivity contribution in [2.45, 2.75) is 31.2 Å². The average Bonchev–Trinajstić information content (AvgIpc) is 3.45. The first-order chi connectivity index (χ1) is 16.5. The van der Waals surface area contributed by atoms with E-state index in [1.165, 1.54) is 4.90 Å². The number of carboxylic acid groups (broad SMARTS) is 1. The predicted octanol–water partition coefficient (Wildman–Crippen LogP) is 3.25. The SMILES string of the molecule is O=C(Nc1n[nH]c(C(=O)N2CCCC[C@H]2C(=O)O)n1)OCC1c2ccccc2-c2ccccc21. The molecule has 2 amide bonds. The van der Waals surface area contributed by atoms with E-state index >= 15 is 0 Å².